The molecule has 492 valence electrons. The molecule has 0 aliphatic heterocycles. The summed E-state index contributed by atoms with van der Waals surface area (Å²) in [7, 11) is 1.19. The van der Waals surface area contributed by atoms with Gasteiger partial charge >= 0.3 is 5.97 Å². The number of esters is 1. The van der Waals surface area contributed by atoms with Gasteiger partial charge in [0.05, 0.1) is 33.8 Å². The Morgan fingerprint density at radius 2 is 0.726 bits per heavy atom. The smallest absolute Gasteiger partial charge is 0.306 e. The highest BCUT2D eigenvalue weighted by Crippen LogP contribution is 2.38. The highest BCUT2D eigenvalue weighted by atomic mass is 31.2. The molecule has 3 atom stereocenters. The second-order valence-corrected chi connectivity index (χ2v) is 27.2. The molecule has 0 rings (SSSR count). The van der Waals surface area contributed by atoms with E-state index in [9.17, 15) is 19.0 Å². The molecule has 0 bridgehead atoms. The van der Waals surface area contributed by atoms with Gasteiger partial charge in [0.25, 0.3) is 7.82 Å². The summed E-state index contributed by atoms with van der Waals surface area (Å²) >= 11 is 0. The zero-order valence-corrected chi connectivity index (χ0v) is 57.3. The lowest BCUT2D eigenvalue weighted by Gasteiger charge is -2.30. The number of nitrogens with one attached hydrogen (secondary N) is 1. The number of amides is 1. The van der Waals surface area contributed by atoms with Crippen LogP contribution in [0.1, 0.15) is 348 Å². The van der Waals surface area contributed by atoms with E-state index in [0.717, 1.165) is 89.9 Å². The van der Waals surface area contributed by atoms with Crippen LogP contribution in [0.15, 0.2) is 60.8 Å². The maximum atomic E-state index is 13.6. The van der Waals surface area contributed by atoms with E-state index in [4.69, 9.17) is 13.8 Å². The van der Waals surface area contributed by atoms with Gasteiger partial charge in [-0.05, 0) is 76.7 Å². The van der Waals surface area contributed by atoms with Crippen molar-refractivity contribution in [3.63, 3.8) is 0 Å². The number of phosphoric ester groups is 1. The van der Waals surface area contributed by atoms with Crippen LogP contribution in [-0.2, 0) is 27.9 Å². The van der Waals surface area contributed by atoms with Gasteiger partial charge < -0.3 is 28.5 Å². The summed E-state index contributed by atoms with van der Waals surface area (Å²) in [5.41, 5.74) is 0. The van der Waals surface area contributed by atoms with Gasteiger partial charge in [0.1, 0.15) is 19.3 Å². The molecular formula is C74H139N2O7P. The van der Waals surface area contributed by atoms with Crippen LogP contribution in [0.2, 0.25) is 0 Å². The van der Waals surface area contributed by atoms with Crippen molar-refractivity contribution in [3.8, 4) is 0 Å². The van der Waals surface area contributed by atoms with Gasteiger partial charge in [-0.3, -0.25) is 14.2 Å². The highest BCUT2D eigenvalue weighted by Gasteiger charge is 2.27. The average molecular weight is 1200 g/mol. The molecule has 0 aliphatic rings. The van der Waals surface area contributed by atoms with Crippen LogP contribution in [0.4, 0.5) is 0 Å². The van der Waals surface area contributed by atoms with Gasteiger partial charge in [0, 0.05) is 12.8 Å². The van der Waals surface area contributed by atoms with Gasteiger partial charge in [-0.2, -0.15) is 0 Å². The Balaban J connectivity index is 5.07. The summed E-state index contributed by atoms with van der Waals surface area (Å²) in [6.45, 7) is 6.85. The highest BCUT2D eigenvalue weighted by molar-refractivity contribution is 7.45. The van der Waals surface area contributed by atoms with Crippen LogP contribution in [0, 0.1) is 0 Å². The molecular weight excluding hydrogens is 1060 g/mol. The minimum atomic E-state index is -4.71. The molecule has 0 saturated heterocycles. The number of carbonyl (C=O) groups excluding carboxylic acids is 2. The third-order valence-corrected chi connectivity index (χ3v) is 17.2. The SMILES string of the molecule is CCCCC/C=C\C/C=C\C/C=C\C/C=C\CCCCCCCCCC(=O)NC(COP(=O)([O-])OCC[N+](C)(C)C)C(/C=C/CCCCCCCCCCCC)OC(=O)CCCCCCCCCCCCCCCCCCCCCCCCC. The Morgan fingerprint density at radius 3 is 1.11 bits per heavy atom. The average Bonchev–Trinajstić information content (AvgIpc) is 3.64. The van der Waals surface area contributed by atoms with Crippen molar-refractivity contribution in [3.05, 3.63) is 60.8 Å². The van der Waals surface area contributed by atoms with Gasteiger partial charge in [0.2, 0.25) is 5.91 Å². The van der Waals surface area contributed by atoms with Crippen molar-refractivity contribution >= 4 is 19.7 Å². The number of unbranched alkanes of at least 4 members (excludes halogenated alkanes) is 42. The van der Waals surface area contributed by atoms with E-state index in [0.29, 0.717) is 17.4 Å². The first-order valence-electron chi connectivity index (χ1n) is 36.1. The topological polar surface area (TPSA) is 114 Å². The summed E-state index contributed by atoms with van der Waals surface area (Å²) < 4.78 is 30.5. The number of rotatable bonds is 66. The Labute approximate surface area is 521 Å². The Hall–Kier alpha value is -2.29. The molecule has 0 aliphatic carbocycles. The normalized spacial score (nSPS) is 13.8. The van der Waals surface area contributed by atoms with Crippen LogP contribution in [-0.4, -0.2) is 69.4 Å². The zero-order chi connectivity index (χ0) is 61.4. The minimum Gasteiger partial charge on any atom is -0.756 e. The summed E-state index contributed by atoms with van der Waals surface area (Å²) in [5, 5.41) is 3.04. The zero-order valence-electron chi connectivity index (χ0n) is 56.4. The van der Waals surface area contributed by atoms with Crippen LogP contribution in [0.5, 0.6) is 0 Å². The quantitative estimate of drug-likeness (QED) is 0.0212. The fraction of sp³-hybridized carbons (Fsp3) is 0.838. The summed E-state index contributed by atoms with van der Waals surface area (Å²) in [6.07, 6.45) is 82.0. The summed E-state index contributed by atoms with van der Waals surface area (Å²) in [5.74, 6) is -0.539. The van der Waals surface area contributed by atoms with Crippen molar-refractivity contribution < 1.29 is 37.3 Å². The maximum absolute atomic E-state index is 13.6. The number of hydrogen-bond donors (Lipinski definition) is 1. The second-order valence-electron chi connectivity index (χ2n) is 25.7. The minimum absolute atomic E-state index is 0.0244. The molecule has 10 heteroatoms. The third-order valence-electron chi connectivity index (χ3n) is 16.2. The summed E-state index contributed by atoms with van der Waals surface area (Å²) in [6, 6.07) is -0.895. The molecule has 0 radical (unpaired) electrons. The first-order valence-corrected chi connectivity index (χ1v) is 37.6. The number of quaternary nitrogens is 1. The van der Waals surface area contributed by atoms with Gasteiger partial charge in [-0.15, -0.1) is 0 Å². The number of allylic oxidation sites excluding steroid dienone is 9. The van der Waals surface area contributed by atoms with Crippen molar-refractivity contribution in [1.82, 2.24) is 5.32 Å². The lowest BCUT2D eigenvalue weighted by atomic mass is 10.0. The molecule has 0 aromatic carbocycles. The van der Waals surface area contributed by atoms with Crippen molar-refractivity contribution in [2.45, 2.75) is 360 Å². The molecule has 0 spiro atoms. The third kappa shape index (κ3) is 64.2. The van der Waals surface area contributed by atoms with Gasteiger partial charge in [0.15, 0.2) is 0 Å². The van der Waals surface area contributed by atoms with Crippen LogP contribution in [0.3, 0.4) is 0 Å². The fourth-order valence-corrected chi connectivity index (χ4v) is 11.3. The molecule has 9 nitrogen and oxygen atoms in total. The number of likely N-dealkylation sites (N-methyl/N-ethyl adjacent to an activating group) is 1. The van der Waals surface area contributed by atoms with Gasteiger partial charge in [-0.1, -0.05) is 319 Å². The Bertz CT molecular complexity index is 1620. The standard InChI is InChI=1S/C74H139N2O7P/c1-7-10-13-16-19-22-25-28-30-32-34-36-38-40-42-44-46-48-51-54-57-60-63-66-73(77)75-71(70-82-84(79,80)81-69-68-76(4,5)6)72(65-62-59-56-53-50-27-24-21-18-15-12-9-3)83-74(78)67-64-61-58-55-52-49-47-45-43-41-39-37-35-33-31-29-26-23-20-17-14-11-8-2/h19,22,28,30,34,36,40,42,62,65,71-72H,7-18,20-21,23-27,29,31-33,35,37-39,41,43-61,63-64,66-70H2,1-6H3,(H-,75,77,79,80)/b22-19-,30-28-,36-34-,42-40-,65-62+. The predicted molar refractivity (Wildman–Crippen MR) is 362 cm³/mol. The lowest BCUT2D eigenvalue weighted by Crippen LogP contribution is -2.47. The van der Waals surface area contributed by atoms with Gasteiger partial charge in [-0.25, -0.2) is 0 Å². The van der Waals surface area contributed by atoms with Crippen LogP contribution in [0.25, 0.3) is 0 Å². The van der Waals surface area contributed by atoms with E-state index in [1.807, 2.05) is 33.3 Å². The van der Waals surface area contributed by atoms with E-state index in [-0.39, 0.29) is 24.9 Å². The number of hydrogen-bond acceptors (Lipinski definition) is 7. The van der Waals surface area contributed by atoms with Crippen LogP contribution >= 0.6 is 7.82 Å². The van der Waals surface area contributed by atoms with E-state index in [1.54, 1.807) is 0 Å². The largest absolute Gasteiger partial charge is 0.756 e. The molecule has 0 aromatic rings. The first kappa shape index (κ1) is 81.7. The number of ether oxygens (including phenoxy) is 1. The first-order chi connectivity index (χ1) is 40.9. The molecule has 84 heavy (non-hydrogen) atoms. The molecule has 0 heterocycles. The summed E-state index contributed by atoms with van der Waals surface area (Å²) in [4.78, 5) is 40.2. The van der Waals surface area contributed by atoms with Crippen molar-refractivity contribution in [2.24, 2.45) is 0 Å². The molecule has 0 aromatic heterocycles. The monoisotopic (exact) mass is 1200 g/mol. The fourth-order valence-electron chi connectivity index (χ4n) is 10.6. The number of carbonyl (C=O) groups is 2. The molecule has 0 saturated carbocycles. The predicted octanol–water partition coefficient (Wildman–Crippen LogP) is 22.3. The van der Waals surface area contributed by atoms with E-state index in [1.165, 1.54) is 225 Å². The Morgan fingerprint density at radius 1 is 0.417 bits per heavy atom. The molecule has 3 unspecified atom stereocenters. The second kappa shape index (κ2) is 63.7. The van der Waals surface area contributed by atoms with Crippen LogP contribution < -0.4 is 10.2 Å². The van der Waals surface area contributed by atoms with Crippen molar-refractivity contribution in [2.75, 3.05) is 40.9 Å². The number of phosphoric acid groups is 1. The van der Waals surface area contributed by atoms with E-state index in [2.05, 4.69) is 74.7 Å². The number of nitrogens with zero attached hydrogens (tertiary/aromatic N) is 1. The lowest BCUT2D eigenvalue weighted by molar-refractivity contribution is -0.870. The molecule has 1 N–H and O–H groups in total. The Kier molecular flexibility index (Phi) is 62.0. The molecule has 1 amide bonds. The maximum Gasteiger partial charge on any atom is 0.306 e. The molecule has 0 fully saturated rings. The van der Waals surface area contributed by atoms with Crippen molar-refractivity contribution in [1.29, 1.82) is 0 Å². The van der Waals surface area contributed by atoms with E-state index < -0.39 is 26.6 Å². The van der Waals surface area contributed by atoms with E-state index >= 15 is 0 Å².